The van der Waals surface area contributed by atoms with Crippen LogP contribution < -0.4 is 10.5 Å². The zero-order valence-corrected chi connectivity index (χ0v) is 6.89. The van der Waals surface area contributed by atoms with Gasteiger partial charge in [-0.05, 0) is 6.07 Å². The van der Waals surface area contributed by atoms with E-state index in [0.717, 1.165) is 0 Å². The first-order valence-corrected chi connectivity index (χ1v) is 3.71. The fourth-order valence-corrected chi connectivity index (χ4v) is 1.10. The van der Waals surface area contributed by atoms with E-state index in [1.54, 1.807) is 0 Å². The van der Waals surface area contributed by atoms with E-state index in [9.17, 15) is 8.78 Å². The number of hydrogen-bond donors (Lipinski definition) is 1. The molecule has 0 aliphatic rings. The van der Waals surface area contributed by atoms with Crippen LogP contribution in [0, 0.1) is 0 Å². The van der Waals surface area contributed by atoms with E-state index < -0.39 is 6.61 Å². The zero-order chi connectivity index (χ0) is 10.1. The monoisotopic (exact) mass is 200 g/mol. The molecule has 0 spiro atoms. The molecule has 0 saturated heterocycles. The van der Waals surface area contributed by atoms with Gasteiger partial charge in [-0.2, -0.15) is 8.78 Å². The van der Waals surface area contributed by atoms with Crippen molar-refractivity contribution in [3.05, 3.63) is 18.5 Å². The molecule has 0 atom stereocenters. The number of nitrogens with zero attached hydrogens (tertiary/aromatic N) is 3. The Morgan fingerprint density at radius 2 is 2.21 bits per heavy atom. The van der Waals surface area contributed by atoms with Gasteiger partial charge in [0.1, 0.15) is 6.33 Å². The fourth-order valence-electron chi connectivity index (χ4n) is 1.10. The second kappa shape index (κ2) is 3.09. The largest absolute Gasteiger partial charge is 0.418 e. The van der Waals surface area contributed by atoms with Crippen LogP contribution in [0.5, 0.6) is 5.88 Å². The third-order valence-electron chi connectivity index (χ3n) is 1.66. The predicted octanol–water partition coefficient (Wildman–Crippen LogP) is 0.913. The zero-order valence-electron chi connectivity index (χ0n) is 6.89. The summed E-state index contributed by atoms with van der Waals surface area (Å²) in [6, 6.07) is 2.76. The quantitative estimate of drug-likeness (QED) is 0.782. The maximum absolute atomic E-state index is 11.9. The predicted molar refractivity (Wildman–Crippen MR) is 44.0 cm³/mol. The summed E-state index contributed by atoms with van der Waals surface area (Å²) < 4.78 is 29.4. The van der Waals surface area contributed by atoms with E-state index in [0.29, 0.717) is 11.3 Å². The molecule has 2 aromatic heterocycles. The molecule has 2 rings (SSSR count). The number of ether oxygens (including phenoxy) is 1. The molecule has 0 aliphatic heterocycles. The highest BCUT2D eigenvalue weighted by Gasteiger charge is 2.10. The number of halogens is 2. The maximum Gasteiger partial charge on any atom is 0.388 e. The van der Waals surface area contributed by atoms with Gasteiger partial charge in [-0.1, -0.05) is 0 Å². The molecule has 0 bridgehead atoms. The van der Waals surface area contributed by atoms with Gasteiger partial charge in [0.05, 0.1) is 5.69 Å². The number of alkyl halides is 2. The summed E-state index contributed by atoms with van der Waals surface area (Å²) in [4.78, 5) is 0. The van der Waals surface area contributed by atoms with Crippen LogP contribution in [0.1, 0.15) is 0 Å². The minimum Gasteiger partial charge on any atom is -0.418 e. The summed E-state index contributed by atoms with van der Waals surface area (Å²) in [6.07, 6.45) is 1.25. The van der Waals surface area contributed by atoms with Crippen molar-refractivity contribution in [1.29, 1.82) is 0 Å². The van der Waals surface area contributed by atoms with Crippen LogP contribution in [-0.2, 0) is 0 Å². The van der Waals surface area contributed by atoms with Gasteiger partial charge in [-0.3, -0.25) is 0 Å². The van der Waals surface area contributed by atoms with Gasteiger partial charge in [0, 0.05) is 6.07 Å². The third-order valence-corrected chi connectivity index (χ3v) is 1.66. The van der Waals surface area contributed by atoms with Crippen molar-refractivity contribution in [3.8, 4) is 5.88 Å². The molecule has 7 heteroatoms. The van der Waals surface area contributed by atoms with E-state index in [2.05, 4.69) is 14.9 Å². The second-order valence-electron chi connectivity index (χ2n) is 2.53. The second-order valence-corrected chi connectivity index (χ2v) is 2.53. The summed E-state index contributed by atoms with van der Waals surface area (Å²) >= 11 is 0. The molecular weight excluding hydrogens is 194 g/mol. The topological polar surface area (TPSA) is 65.4 Å². The van der Waals surface area contributed by atoms with Gasteiger partial charge in [0.25, 0.3) is 0 Å². The molecule has 14 heavy (non-hydrogen) atoms. The first kappa shape index (κ1) is 8.67. The molecule has 5 nitrogen and oxygen atoms in total. The molecule has 0 fully saturated rings. The summed E-state index contributed by atoms with van der Waals surface area (Å²) in [6.45, 7) is -2.88. The van der Waals surface area contributed by atoms with Crippen LogP contribution in [0.25, 0.3) is 5.65 Å². The lowest BCUT2D eigenvalue weighted by molar-refractivity contribution is -0.0536. The van der Waals surface area contributed by atoms with Crippen LogP contribution in [-0.4, -0.2) is 21.2 Å². The summed E-state index contributed by atoms with van der Waals surface area (Å²) in [5.74, 6) is -0.0470. The molecule has 0 amide bonds. The first-order chi connectivity index (χ1) is 6.68. The molecule has 0 aromatic carbocycles. The van der Waals surface area contributed by atoms with Crippen molar-refractivity contribution in [2.45, 2.75) is 6.61 Å². The SMILES string of the molecule is Nc1ccc(OC(F)F)n2cnnc12. The Bertz CT molecular complexity index is 456. The average Bonchev–Trinajstić information content (AvgIpc) is 2.58. The molecule has 0 aliphatic carbocycles. The fraction of sp³-hybridized carbons (Fsp3) is 0.143. The van der Waals surface area contributed by atoms with Crippen LogP contribution in [0.15, 0.2) is 18.5 Å². The van der Waals surface area contributed by atoms with E-state index in [4.69, 9.17) is 5.73 Å². The number of pyridine rings is 1. The van der Waals surface area contributed by atoms with Gasteiger partial charge in [-0.25, -0.2) is 4.40 Å². The Kier molecular flexibility index (Phi) is 1.91. The number of rotatable bonds is 2. The minimum atomic E-state index is -2.88. The van der Waals surface area contributed by atoms with Crippen molar-refractivity contribution in [2.75, 3.05) is 5.73 Å². The van der Waals surface area contributed by atoms with Crippen molar-refractivity contribution in [2.24, 2.45) is 0 Å². The number of nitrogens with two attached hydrogens (primary N) is 1. The molecule has 2 N–H and O–H groups in total. The van der Waals surface area contributed by atoms with Gasteiger partial charge in [-0.15, -0.1) is 10.2 Å². The minimum absolute atomic E-state index is 0.0470. The Hall–Kier alpha value is -1.92. The smallest absolute Gasteiger partial charge is 0.388 e. The highest BCUT2D eigenvalue weighted by atomic mass is 19.3. The van der Waals surface area contributed by atoms with E-state index in [1.807, 2.05) is 0 Å². The molecule has 74 valence electrons. The average molecular weight is 200 g/mol. The van der Waals surface area contributed by atoms with Crippen LogP contribution in [0.3, 0.4) is 0 Å². The highest BCUT2D eigenvalue weighted by Crippen LogP contribution is 2.19. The molecule has 0 unspecified atom stereocenters. The van der Waals surface area contributed by atoms with Gasteiger partial charge in [0.15, 0.2) is 5.65 Å². The first-order valence-electron chi connectivity index (χ1n) is 3.71. The van der Waals surface area contributed by atoms with Crippen molar-refractivity contribution >= 4 is 11.3 Å². The molecule has 2 aromatic rings. The number of fused-ring (bicyclic) bond motifs is 1. The van der Waals surface area contributed by atoms with E-state index in [-0.39, 0.29) is 5.88 Å². The summed E-state index contributed by atoms with van der Waals surface area (Å²) in [5, 5.41) is 7.19. The molecule has 0 radical (unpaired) electrons. The van der Waals surface area contributed by atoms with Gasteiger partial charge < -0.3 is 10.5 Å². The van der Waals surface area contributed by atoms with Crippen molar-refractivity contribution in [1.82, 2.24) is 14.6 Å². The van der Waals surface area contributed by atoms with E-state index in [1.165, 1.54) is 22.9 Å². The standard InChI is InChI=1S/C7H6F2N4O/c8-7(9)14-5-2-1-4(10)6-12-11-3-13(5)6/h1-3,7H,10H2. The van der Waals surface area contributed by atoms with Crippen LogP contribution >= 0.6 is 0 Å². The summed E-state index contributed by atoms with van der Waals surface area (Å²) in [5.41, 5.74) is 6.18. The lowest BCUT2D eigenvalue weighted by atomic mass is 10.4. The Morgan fingerprint density at radius 1 is 1.43 bits per heavy atom. The number of anilines is 1. The van der Waals surface area contributed by atoms with Crippen LogP contribution in [0.4, 0.5) is 14.5 Å². The Labute approximate surface area is 77.1 Å². The maximum atomic E-state index is 11.9. The van der Waals surface area contributed by atoms with E-state index >= 15 is 0 Å². The number of hydrogen-bond acceptors (Lipinski definition) is 4. The van der Waals surface area contributed by atoms with Crippen molar-refractivity contribution < 1.29 is 13.5 Å². The normalized spacial score (nSPS) is 11.1. The van der Waals surface area contributed by atoms with Gasteiger partial charge in [0.2, 0.25) is 5.88 Å². The molecule has 0 saturated carbocycles. The van der Waals surface area contributed by atoms with Gasteiger partial charge >= 0.3 is 6.61 Å². The van der Waals surface area contributed by atoms with Crippen molar-refractivity contribution in [3.63, 3.8) is 0 Å². The van der Waals surface area contributed by atoms with Crippen LogP contribution in [0.2, 0.25) is 0 Å². The lowest BCUT2D eigenvalue weighted by Crippen LogP contribution is -2.06. The Balaban J connectivity index is 2.55. The number of nitrogen functional groups attached to an aromatic ring is 1. The third kappa shape index (κ3) is 1.32. The Morgan fingerprint density at radius 3 is 2.93 bits per heavy atom. The lowest BCUT2D eigenvalue weighted by Gasteiger charge is -2.06. The highest BCUT2D eigenvalue weighted by molar-refractivity contribution is 5.64. The summed E-state index contributed by atoms with van der Waals surface area (Å²) in [7, 11) is 0. The molecular formula is C7H6F2N4O. The molecule has 2 heterocycles. The number of aromatic nitrogens is 3.